The minimum absolute atomic E-state index is 0.244. The van der Waals surface area contributed by atoms with Gasteiger partial charge in [-0.3, -0.25) is 0 Å². The number of hydrogen-bond donors (Lipinski definition) is 0. The van der Waals surface area contributed by atoms with Crippen LogP contribution in [0.1, 0.15) is 56.1 Å². The van der Waals surface area contributed by atoms with Gasteiger partial charge in [-0.2, -0.15) is 0 Å². The van der Waals surface area contributed by atoms with Crippen LogP contribution in [0.25, 0.3) is 0 Å². The first-order valence-corrected chi connectivity index (χ1v) is 8.43. The molecule has 1 nitrogen and oxygen atoms in total. The van der Waals surface area contributed by atoms with E-state index in [0.717, 1.165) is 12.2 Å². The van der Waals surface area contributed by atoms with E-state index in [9.17, 15) is 0 Å². The summed E-state index contributed by atoms with van der Waals surface area (Å²) in [6.07, 6.45) is 9.18. The molecule has 1 aromatic rings. The molecule has 1 spiro atoms. The molecular formula is C18H25ClO. The van der Waals surface area contributed by atoms with E-state index < -0.39 is 0 Å². The van der Waals surface area contributed by atoms with Crippen molar-refractivity contribution in [3.05, 3.63) is 29.3 Å². The van der Waals surface area contributed by atoms with Crippen LogP contribution >= 0.6 is 11.6 Å². The molecule has 0 N–H and O–H groups in total. The highest BCUT2D eigenvalue weighted by Crippen LogP contribution is 2.55. The average molecular weight is 293 g/mol. The number of alkyl halides is 1. The average Bonchev–Trinajstić information content (AvgIpc) is 2.70. The molecule has 0 aromatic heterocycles. The molecule has 0 radical (unpaired) electrons. The Balaban J connectivity index is 1.78. The van der Waals surface area contributed by atoms with Crippen LogP contribution in [0.4, 0.5) is 0 Å². The van der Waals surface area contributed by atoms with E-state index in [4.69, 9.17) is 16.3 Å². The molecule has 3 rings (SSSR count). The van der Waals surface area contributed by atoms with Gasteiger partial charge in [0.15, 0.2) is 0 Å². The molecule has 2 aliphatic rings. The molecule has 0 amide bonds. The van der Waals surface area contributed by atoms with Crippen molar-refractivity contribution in [3.63, 3.8) is 0 Å². The molecule has 2 saturated carbocycles. The van der Waals surface area contributed by atoms with Crippen LogP contribution in [0, 0.1) is 19.3 Å². The molecule has 2 unspecified atom stereocenters. The van der Waals surface area contributed by atoms with Crippen molar-refractivity contribution in [2.45, 2.75) is 70.3 Å². The van der Waals surface area contributed by atoms with Crippen LogP contribution in [-0.4, -0.2) is 11.5 Å². The lowest BCUT2D eigenvalue weighted by molar-refractivity contribution is -0.0516. The van der Waals surface area contributed by atoms with Gasteiger partial charge in [-0.15, -0.1) is 11.6 Å². The van der Waals surface area contributed by atoms with Crippen molar-refractivity contribution in [1.82, 2.24) is 0 Å². The van der Waals surface area contributed by atoms with E-state index in [1.807, 2.05) is 0 Å². The monoisotopic (exact) mass is 292 g/mol. The predicted octanol–water partition coefficient (Wildman–Crippen LogP) is 5.40. The minimum Gasteiger partial charge on any atom is -0.489 e. The van der Waals surface area contributed by atoms with Crippen LogP contribution in [0.5, 0.6) is 5.75 Å². The van der Waals surface area contributed by atoms with Crippen LogP contribution in [0.15, 0.2) is 18.2 Å². The Kier molecular flexibility index (Phi) is 3.99. The van der Waals surface area contributed by atoms with Gasteiger partial charge < -0.3 is 4.74 Å². The highest BCUT2D eigenvalue weighted by atomic mass is 35.5. The Morgan fingerprint density at radius 1 is 1.10 bits per heavy atom. The van der Waals surface area contributed by atoms with E-state index >= 15 is 0 Å². The van der Waals surface area contributed by atoms with Gasteiger partial charge >= 0.3 is 0 Å². The zero-order valence-corrected chi connectivity index (χ0v) is 13.4. The third-order valence-electron chi connectivity index (χ3n) is 5.33. The van der Waals surface area contributed by atoms with Crippen molar-refractivity contribution in [2.75, 3.05) is 0 Å². The predicted molar refractivity (Wildman–Crippen MR) is 84.7 cm³/mol. The van der Waals surface area contributed by atoms with E-state index in [2.05, 4.69) is 32.0 Å². The molecule has 1 aromatic carbocycles. The van der Waals surface area contributed by atoms with Crippen molar-refractivity contribution in [2.24, 2.45) is 5.41 Å². The smallest absolute Gasteiger partial charge is 0.122 e. The second kappa shape index (κ2) is 5.60. The summed E-state index contributed by atoms with van der Waals surface area (Å²) >= 11 is 6.61. The van der Waals surface area contributed by atoms with Crippen LogP contribution < -0.4 is 4.74 Å². The van der Waals surface area contributed by atoms with Crippen molar-refractivity contribution in [1.29, 1.82) is 0 Å². The Bertz CT molecular complexity index is 474. The molecule has 2 fully saturated rings. The zero-order valence-electron chi connectivity index (χ0n) is 12.6. The topological polar surface area (TPSA) is 9.23 Å². The van der Waals surface area contributed by atoms with Gasteiger partial charge in [0.2, 0.25) is 0 Å². The zero-order chi connectivity index (χ0) is 14.2. The van der Waals surface area contributed by atoms with Crippen molar-refractivity contribution < 1.29 is 4.74 Å². The lowest BCUT2D eigenvalue weighted by atomic mass is 9.61. The maximum absolute atomic E-state index is 6.61. The number of aryl methyl sites for hydroxylation is 2. The standard InChI is InChI=1S/C18H25ClO/c1-13-7-8-14(2)15(11-13)20-17-12-16(19)18(17)9-5-3-4-6-10-18/h7-8,11,16-17H,3-6,9-10,12H2,1-2H3. The Morgan fingerprint density at radius 2 is 1.80 bits per heavy atom. The number of benzene rings is 1. The number of rotatable bonds is 2. The summed E-state index contributed by atoms with van der Waals surface area (Å²) in [4.78, 5) is 0. The van der Waals surface area contributed by atoms with Gasteiger partial charge in [0, 0.05) is 17.2 Å². The largest absolute Gasteiger partial charge is 0.489 e. The SMILES string of the molecule is Cc1ccc(C)c(OC2CC(Cl)C23CCCCCC3)c1. The molecular weight excluding hydrogens is 268 g/mol. The summed E-state index contributed by atoms with van der Waals surface area (Å²) in [7, 11) is 0. The molecule has 2 aliphatic carbocycles. The fraction of sp³-hybridized carbons (Fsp3) is 0.667. The Morgan fingerprint density at radius 3 is 2.45 bits per heavy atom. The lowest BCUT2D eigenvalue weighted by Crippen LogP contribution is -2.57. The number of ether oxygens (including phenoxy) is 1. The number of halogens is 1. The molecule has 0 saturated heterocycles. The van der Waals surface area contributed by atoms with Gasteiger partial charge in [0.1, 0.15) is 11.9 Å². The third-order valence-corrected chi connectivity index (χ3v) is 5.95. The van der Waals surface area contributed by atoms with Crippen LogP contribution in [-0.2, 0) is 0 Å². The highest BCUT2D eigenvalue weighted by molar-refractivity contribution is 6.21. The van der Waals surface area contributed by atoms with Crippen LogP contribution in [0.3, 0.4) is 0 Å². The molecule has 2 heteroatoms. The van der Waals surface area contributed by atoms with E-state index in [-0.39, 0.29) is 5.41 Å². The minimum atomic E-state index is 0.244. The highest BCUT2D eigenvalue weighted by Gasteiger charge is 2.55. The summed E-state index contributed by atoms with van der Waals surface area (Å²) in [5.74, 6) is 1.06. The maximum Gasteiger partial charge on any atom is 0.122 e. The Labute approximate surface area is 127 Å². The second-order valence-electron chi connectivity index (χ2n) is 6.73. The summed E-state index contributed by atoms with van der Waals surface area (Å²) in [5.41, 5.74) is 2.74. The van der Waals surface area contributed by atoms with Gasteiger partial charge in [-0.05, 0) is 43.9 Å². The van der Waals surface area contributed by atoms with Gasteiger partial charge in [0.25, 0.3) is 0 Å². The van der Waals surface area contributed by atoms with E-state index in [1.54, 1.807) is 0 Å². The molecule has 0 heterocycles. The summed E-state index contributed by atoms with van der Waals surface area (Å²) < 4.78 is 6.40. The third kappa shape index (κ3) is 2.45. The van der Waals surface area contributed by atoms with Gasteiger partial charge in [-0.25, -0.2) is 0 Å². The lowest BCUT2D eigenvalue weighted by Gasteiger charge is -2.53. The molecule has 20 heavy (non-hydrogen) atoms. The molecule has 110 valence electrons. The quantitative estimate of drug-likeness (QED) is 0.663. The van der Waals surface area contributed by atoms with Crippen molar-refractivity contribution in [3.8, 4) is 5.75 Å². The first-order chi connectivity index (χ1) is 9.62. The normalized spacial score (nSPS) is 28.8. The fourth-order valence-corrected chi connectivity index (χ4v) is 4.39. The van der Waals surface area contributed by atoms with Crippen molar-refractivity contribution >= 4 is 11.6 Å². The maximum atomic E-state index is 6.61. The molecule has 0 aliphatic heterocycles. The van der Waals surface area contributed by atoms with E-state index in [0.29, 0.717) is 11.5 Å². The second-order valence-corrected chi connectivity index (χ2v) is 7.25. The first-order valence-electron chi connectivity index (χ1n) is 8.00. The summed E-state index contributed by atoms with van der Waals surface area (Å²) in [6.45, 7) is 4.25. The fourth-order valence-electron chi connectivity index (χ4n) is 3.87. The van der Waals surface area contributed by atoms with E-state index in [1.165, 1.54) is 49.7 Å². The van der Waals surface area contributed by atoms with Crippen LogP contribution in [0.2, 0.25) is 0 Å². The van der Waals surface area contributed by atoms with Gasteiger partial charge in [0.05, 0.1) is 0 Å². The number of hydrogen-bond acceptors (Lipinski definition) is 1. The first kappa shape index (κ1) is 14.3. The Hall–Kier alpha value is -0.690. The molecule has 2 atom stereocenters. The summed E-state index contributed by atoms with van der Waals surface area (Å²) in [6, 6.07) is 6.47. The van der Waals surface area contributed by atoms with Gasteiger partial charge in [-0.1, -0.05) is 37.8 Å². The summed E-state index contributed by atoms with van der Waals surface area (Å²) in [5, 5.41) is 0.315. The molecule has 0 bridgehead atoms.